The number of aryl methyl sites for hydroxylation is 1. The summed E-state index contributed by atoms with van der Waals surface area (Å²) in [5.74, 6) is 0.230. The van der Waals surface area contributed by atoms with E-state index in [9.17, 15) is 12.8 Å². The lowest BCUT2D eigenvalue weighted by atomic mass is 10.1. The van der Waals surface area contributed by atoms with E-state index >= 15 is 0 Å². The summed E-state index contributed by atoms with van der Waals surface area (Å²) in [6.45, 7) is 2.50. The first kappa shape index (κ1) is 18.7. The number of sulfonamides is 1. The number of furan rings is 1. The molecule has 3 aromatic rings. The summed E-state index contributed by atoms with van der Waals surface area (Å²) in [5.41, 5.74) is 2.69. The number of benzene rings is 2. The molecule has 7 heteroatoms. The molecule has 0 aliphatic carbocycles. The van der Waals surface area contributed by atoms with Crippen LogP contribution in [0.4, 0.5) is 10.1 Å². The minimum atomic E-state index is -3.79. The van der Waals surface area contributed by atoms with Gasteiger partial charge in [0.25, 0.3) is 0 Å². The average molecular weight is 400 g/mol. The van der Waals surface area contributed by atoms with E-state index in [4.69, 9.17) is 4.42 Å². The summed E-state index contributed by atoms with van der Waals surface area (Å²) in [7, 11) is -3.79. The van der Waals surface area contributed by atoms with Crippen molar-refractivity contribution in [2.75, 3.05) is 18.0 Å². The van der Waals surface area contributed by atoms with E-state index in [1.165, 1.54) is 17.7 Å². The highest BCUT2D eigenvalue weighted by Crippen LogP contribution is 2.35. The van der Waals surface area contributed by atoms with Crippen LogP contribution >= 0.6 is 0 Å². The molecule has 28 heavy (non-hydrogen) atoms. The van der Waals surface area contributed by atoms with Gasteiger partial charge in [-0.2, -0.15) is 0 Å². The second-order valence-corrected chi connectivity index (χ2v) is 8.60. The molecule has 146 valence electrons. The number of rotatable bonds is 6. The third-order valence-electron chi connectivity index (χ3n) is 5.06. The van der Waals surface area contributed by atoms with Crippen LogP contribution in [0.3, 0.4) is 0 Å². The van der Waals surface area contributed by atoms with Gasteiger partial charge < -0.3 is 9.32 Å². The summed E-state index contributed by atoms with van der Waals surface area (Å²) < 4.78 is 47.3. The third-order valence-corrected chi connectivity index (χ3v) is 6.65. The normalized spacial score (nSPS) is 14.9. The van der Waals surface area contributed by atoms with Gasteiger partial charge in [0.2, 0.25) is 10.0 Å². The average Bonchev–Trinajstić information content (AvgIpc) is 3.32. The van der Waals surface area contributed by atoms with Gasteiger partial charge in [-0.25, -0.2) is 17.5 Å². The van der Waals surface area contributed by atoms with E-state index in [0.29, 0.717) is 11.3 Å². The molecular formula is C21H21FN2O3S. The van der Waals surface area contributed by atoms with E-state index in [0.717, 1.165) is 24.7 Å². The van der Waals surface area contributed by atoms with Gasteiger partial charge in [-0.05, 0) is 60.9 Å². The highest BCUT2D eigenvalue weighted by atomic mass is 32.2. The van der Waals surface area contributed by atoms with Gasteiger partial charge in [-0.1, -0.05) is 18.2 Å². The number of anilines is 1. The standard InChI is InChI=1S/C21H21FN2O3S/c1-15-13-17(22)8-9-21(15)28(25,26)23-14-19(20-7-4-12-27-20)24-11-10-16-5-2-3-6-18(16)24/h2-9,12-13,19,23H,10-11,14H2,1H3. The Labute approximate surface area is 163 Å². The van der Waals surface area contributed by atoms with Crippen molar-refractivity contribution >= 4 is 15.7 Å². The molecule has 0 saturated carbocycles. The zero-order valence-corrected chi connectivity index (χ0v) is 16.2. The molecule has 0 fully saturated rings. The van der Waals surface area contributed by atoms with Crippen molar-refractivity contribution in [2.45, 2.75) is 24.3 Å². The van der Waals surface area contributed by atoms with E-state index in [2.05, 4.69) is 15.7 Å². The maximum absolute atomic E-state index is 13.3. The SMILES string of the molecule is Cc1cc(F)ccc1S(=O)(=O)NCC(c1ccco1)N1CCc2ccccc21. The molecule has 0 amide bonds. The molecule has 5 nitrogen and oxygen atoms in total. The van der Waals surface area contributed by atoms with Crippen molar-refractivity contribution < 1.29 is 17.2 Å². The second-order valence-electron chi connectivity index (χ2n) is 6.87. The predicted octanol–water partition coefficient (Wildman–Crippen LogP) is 3.81. The summed E-state index contributed by atoms with van der Waals surface area (Å²) in [5, 5.41) is 0. The quantitative estimate of drug-likeness (QED) is 0.684. The molecule has 1 aromatic heterocycles. The van der Waals surface area contributed by atoms with Gasteiger partial charge >= 0.3 is 0 Å². The van der Waals surface area contributed by atoms with Crippen LogP contribution in [0.25, 0.3) is 0 Å². The summed E-state index contributed by atoms with van der Waals surface area (Å²) in [6, 6.07) is 15.1. The minimum absolute atomic E-state index is 0.0777. The molecular weight excluding hydrogens is 379 g/mol. The second kappa shape index (κ2) is 7.41. The van der Waals surface area contributed by atoms with Gasteiger partial charge in [0, 0.05) is 18.8 Å². The highest BCUT2D eigenvalue weighted by Gasteiger charge is 2.30. The maximum atomic E-state index is 13.3. The maximum Gasteiger partial charge on any atom is 0.240 e. The van der Waals surface area contributed by atoms with E-state index in [-0.39, 0.29) is 17.5 Å². The Bertz CT molecular complexity index is 1080. The van der Waals surface area contributed by atoms with Crippen LogP contribution in [-0.4, -0.2) is 21.5 Å². The predicted molar refractivity (Wildman–Crippen MR) is 105 cm³/mol. The van der Waals surface area contributed by atoms with Gasteiger partial charge in [0.05, 0.1) is 11.2 Å². The topological polar surface area (TPSA) is 62.6 Å². The number of para-hydroxylation sites is 1. The summed E-state index contributed by atoms with van der Waals surface area (Å²) >= 11 is 0. The lowest BCUT2D eigenvalue weighted by molar-refractivity contribution is 0.447. The molecule has 0 bridgehead atoms. The molecule has 0 radical (unpaired) electrons. The smallest absolute Gasteiger partial charge is 0.240 e. The number of hydrogen-bond acceptors (Lipinski definition) is 4. The summed E-state index contributed by atoms with van der Waals surface area (Å²) in [4.78, 5) is 2.24. The number of nitrogens with zero attached hydrogens (tertiary/aromatic N) is 1. The van der Waals surface area contributed by atoms with Crippen LogP contribution in [-0.2, 0) is 16.4 Å². The third kappa shape index (κ3) is 3.55. The molecule has 4 rings (SSSR count). The van der Waals surface area contributed by atoms with Crippen molar-refractivity contribution in [1.82, 2.24) is 4.72 Å². The fourth-order valence-corrected chi connectivity index (χ4v) is 4.98. The lowest BCUT2D eigenvalue weighted by Crippen LogP contribution is -2.37. The Hall–Kier alpha value is -2.64. The number of halogens is 1. The minimum Gasteiger partial charge on any atom is -0.467 e. The number of hydrogen-bond donors (Lipinski definition) is 1. The fraction of sp³-hybridized carbons (Fsp3) is 0.238. The first-order chi connectivity index (χ1) is 13.5. The Morgan fingerprint density at radius 2 is 2.00 bits per heavy atom. The van der Waals surface area contributed by atoms with E-state index in [1.807, 2.05) is 24.3 Å². The highest BCUT2D eigenvalue weighted by molar-refractivity contribution is 7.89. The first-order valence-electron chi connectivity index (χ1n) is 9.09. The Kier molecular flexibility index (Phi) is 4.95. The molecule has 1 aliphatic heterocycles. The van der Waals surface area contributed by atoms with Crippen LogP contribution in [0.2, 0.25) is 0 Å². The van der Waals surface area contributed by atoms with Crippen molar-refractivity contribution in [1.29, 1.82) is 0 Å². The van der Waals surface area contributed by atoms with Crippen molar-refractivity contribution in [3.63, 3.8) is 0 Å². The van der Waals surface area contributed by atoms with Gasteiger partial charge in [0.15, 0.2) is 0 Å². The van der Waals surface area contributed by atoms with Crippen LogP contribution in [0.15, 0.2) is 70.2 Å². The monoisotopic (exact) mass is 400 g/mol. The van der Waals surface area contributed by atoms with Crippen molar-refractivity contribution in [3.8, 4) is 0 Å². The van der Waals surface area contributed by atoms with Crippen molar-refractivity contribution in [2.24, 2.45) is 0 Å². The molecule has 1 atom stereocenters. The zero-order valence-electron chi connectivity index (χ0n) is 15.4. The Morgan fingerprint density at radius 1 is 1.18 bits per heavy atom. The zero-order chi connectivity index (χ0) is 19.7. The summed E-state index contributed by atoms with van der Waals surface area (Å²) in [6.07, 6.45) is 2.49. The van der Waals surface area contributed by atoms with Gasteiger partial charge in [-0.3, -0.25) is 0 Å². The number of nitrogens with one attached hydrogen (secondary N) is 1. The Balaban J connectivity index is 1.61. The van der Waals surface area contributed by atoms with Crippen LogP contribution < -0.4 is 9.62 Å². The van der Waals surface area contributed by atoms with Crippen molar-refractivity contribution in [3.05, 3.63) is 83.6 Å². The Morgan fingerprint density at radius 3 is 2.75 bits per heavy atom. The van der Waals surface area contributed by atoms with Gasteiger partial charge in [-0.15, -0.1) is 0 Å². The lowest BCUT2D eigenvalue weighted by Gasteiger charge is -2.29. The molecule has 1 N–H and O–H groups in total. The van der Waals surface area contributed by atoms with Crippen LogP contribution in [0, 0.1) is 12.7 Å². The number of fused-ring (bicyclic) bond motifs is 1. The largest absolute Gasteiger partial charge is 0.467 e. The molecule has 0 saturated heterocycles. The van der Waals surface area contributed by atoms with Gasteiger partial charge in [0.1, 0.15) is 17.6 Å². The van der Waals surface area contributed by atoms with Crippen LogP contribution in [0.1, 0.15) is 22.9 Å². The molecule has 0 spiro atoms. The van der Waals surface area contributed by atoms with Crippen LogP contribution in [0.5, 0.6) is 0 Å². The molecule has 2 heterocycles. The molecule has 1 aliphatic rings. The molecule has 2 aromatic carbocycles. The van der Waals surface area contributed by atoms with E-state index in [1.54, 1.807) is 19.3 Å². The fourth-order valence-electron chi connectivity index (χ4n) is 3.71. The first-order valence-corrected chi connectivity index (χ1v) is 10.6. The molecule has 1 unspecified atom stereocenters. The van der Waals surface area contributed by atoms with E-state index < -0.39 is 15.8 Å².